The van der Waals surface area contributed by atoms with Crippen molar-refractivity contribution in [3.05, 3.63) is 0 Å². The molecule has 2 atom stereocenters. The summed E-state index contributed by atoms with van der Waals surface area (Å²) in [6.45, 7) is 5.71. The fourth-order valence-electron chi connectivity index (χ4n) is 1.48. The smallest absolute Gasteiger partial charge is 0.326 e. The topological polar surface area (TPSA) is 122 Å². The second-order valence-electron chi connectivity index (χ2n) is 4.67. The highest BCUT2D eigenvalue weighted by molar-refractivity contribution is 5.87. The number of nitrogens with one attached hydrogen (secondary N) is 2. The van der Waals surface area contributed by atoms with Gasteiger partial charge in [-0.05, 0) is 19.3 Å². The van der Waals surface area contributed by atoms with E-state index < -0.39 is 24.0 Å². The van der Waals surface area contributed by atoms with Crippen LogP contribution >= 0.6 is 0 Å². The van der Waals surface area contributed by atoms with Crippen molar-refractivity contribution < 1.29 is 19.5 Å². The van der Waals surface area contributed by atoms with Crippen LogP contribution in [0.25, 0.3) is 0 Å². The van der Waals surface area contributed by atoms with E-state index >= 15 is 0 Å². The molecule has 5 N–H and O–H groups in total. The quantitative estimate of drug-likeness (QED) is 0.473. The first-order chi connectivity index (χ1) is 8.79. The normalized spacial score (nSPS) is 13.7. The molecule has 0 rings (SSSR count). The second kappa shape index (κ2) is 8.47. The number of hydrogen-bond donors (Lipinski definition) is 4. The Balaban J connectivity index is 4.26. The van der Waals surface area contributed by atoms with Gasteiger partial charge in [0, 0.05) is 13.0 Å². The molecule has 0 radical (unpaired) electrons. The van der Waals surface area contributed by atoms with Crippen molar-refractivity contribution in [3.8, 4) is 0 Å². The number of carboxylic acid groups (broad SMARTS) is 1. The SMILES string of the molecule is CCNC(=O)CC[C@H](N)C(=O)N[C@H](C(=O)O)C(C)C. The number of amides is 2. The van der Waals surface area contributed by atoms with Crippen LogP contribution in [0.15, 0.2) is 0 Å². The van der Waals surface area contributed by atoms with E-state index in [-0.39, 0.29) is 24.7 Å². The number of carbonyl (C=O) groups is 3. The lowest BCUT2D eigenvalue weighted by Crippen LogP contribution is -2.50. The summed E-state index contributed by atoms with van der Waals surface area (Å²) in [5.74, 6) is -2.06. The summed E-state index contributed by atoms with van der Waals surface area (Å²) >= 11 is 0. The minimum absolute atomic E-state index is 0.141. The molecule has 0 heterocycles. The number of carbonyl (C=O) groups excluding carboxylic acids is 2. The summed E-state index contributed by atoms with van der Waals surface area (Å²) in [4.78, 5) is 33.8. The lowest BCUT2D eigenvalue weighted by atomic mass is 10.0. The molecule has 0 saturated carbocycles. The van der Waals surface area contributed by atoms with Gasteiger partial charge < -0.3 is 21.5 Å². The predicted octanol–water partition coefficient (Wildman–Crippen LogP) is -0.545. The zero-order valence-electron chi connectivity index (χ0n) is 11.6. The van der Waals surface area contributed by atoms with Crippen molar-refractivity contribution in [1.29, 1.82) is 0 Å². The number of nitrogens with two attached hydrogens (primary N) is 1. The van der Waals surface area contributed by atoms with Crippen LogP contribution < -0.4 is 16.4 Å². The average molecular weight is 273 g/mol. The molecule has 0 spiro atoms. The lowest BCUT2D eigenvalue weighted by molar-refractivity contribution is -0.143. The molecule has 0 fully saturated rings. The standard InChI is InChI=1S/C12H23N3O4/c1-4-14-9(16)6-5-8(13)11(17)15-10(7(2)3)12(18)19/h7-8,10H,4-6,13H2,1-3H3,(H,14,16)(H,15,17)(H,18,19)/t8-,10-/m0/s1. The van der Waals surface area contributed by atoms with E-state index in [9.17, 15) is 14.4 Å². The van der Waals surface area contributed by atoms with E-state index in [2.05, 4.69) is 10.6 Å². The largest absolute Gasteiger partial charge is 0.480 e. The summed E-state index contributed by atoms with van der Waals surface area (Å²) < 4.78 is 0. The van der Waals surface area contributed by atoms with E-state index in [0.29, 0.717) is 6.54 Å². The van der Waals surface area contributed by atoms with Gasteiger partial charge in [0.2, 0.25) is 11.8 Å². The van der Waals surface area contributed by atoms with Crippen LogP contribution in [-0.2, 0) is 14.4 Å². The third-order valence-electron chi connectivity index (χ3n) is 2.62. The molecule has 19 heavy (non-hydrogen) atoms. The Morgan fingerprint density at radius 1 is 1.26 bits per heavy atom. The zero-order chi connectivity index (χ0) is 15.0. The van der Waals surface area contributed by atoms with Crippen molar-refractivity contribution in [2.45, 2.75) is 45.7 Å². The van der Waals surface area contributed by atoms with Gasteiger partial charge in [-0.25, -0.2) is 4.79 Å². The lowest BCUT2D eigenvalue weighted by Gasteiger charge is -2.20. The molecule has 7 nitrogen and oxygen atoms in total. The van der Waals surface area contributed by atoms with Gasteiger partial charge >= 0.3 is 5.97 Å². The van der Waals surface area contributed by atoms with Crippen molar-refractivity contribution in [1.82, 2.24) is 10.6 Å². The monoisotopic (exact) mass is 273 g/mol. The Kier molecular flexibility index (Phi) is 7.74. The number of carboxylic acids is 1. The Bertz CT molecular complexity index is 331. The van der Waals surface area contributed by atoms with Gasteiger partial charge in [0.1, 0.15) is 6.04 Å². The molecule has 0 aromatic rings. The molecule has 2 amide bonds. The van der Waals surface area contributed by atoms with Gasteiger partial charge in [-0.1, -0.05) is 13.8 Å². The van der Waals surface area contributed by atoms with Crippen LogP contribution in [0.3, 0.4) is 0 Å². The molecule has 0 unspecified atom stereocenters. The minimum Gasteiger partial charge on any atom is -0.480 e. The van der Waals surface area contributed by atoms with E-state index in [1.54, 1.807) is 20.8 Å². The van der Waals surface area contributed by atoms with Crippen LogP contribution in [0.1, 0.15) is 33.6 Å². The molecule has 0 aliphatic heterocycles. The molecule has 110 valence electrons. The summed E-state index contributed by atoms with van der Waals surface area (Å²) in [7, 11) is 0. The third-order valence-corrected chi connectivity index (χ3v) is 2.62. The highest BCUT2D eigenvalue weighted by atomic mass is 16.4. The second-order valence-corrected chi connectivity index (χ2v) is 4.67. The summed E-state index contributed by atoms with van der Waals surface area (Å²) in [5, 5.41) is 13.9. The fourth-order valence-corrected chi connectivity index (χ4v) is 1.48. The third kappa shape index (κ3) is 6.76. The van der Waals surface area contributed by atoms with E-state index in [4.69, 9.17) is 10.8 Å². The van der Waals surface area contributed by atoms with Crippen molar-refractivity contribution in [2.24, 2.45) is 11.7 Å². The number of aliphatic carboxylic acids is 1. The van der Waals surface area contributed by atoms with Crippen LogP contribution in [-0.4, -0.2) is 41.5 Å². The van der Waals surface area contributed by atoms with Crippen LogP contribution in [0.2, 0.25) is 0 Å². The van der Waals surface area contributed by atoms with Crippen molar-refractivity contribution >= 4 is 17.8 Å². The number of rotatable bonds is 8. The first-order valence-corrected chi connectivity index (χ1v) is 6.35. The molecule has 0 aromatic carbocycles. The van der Waals surface area contributed by atoms with Gasteiger partial charge in [0.25, 0.3) is 0 Å². The molecule has 0 aromatic heterocycles. The highest BCUT2D eigenvalue weighted by Crippen LogP contribution is 2.03. The first-order valence-electron chi connectivity index (χ1n) is 6.35. The van der Waals surface area contributed by atoms with Crippen molar-refractivity contribution in [2.75, 3.05) is 6.54 Å². The molecular formula is C12H23N3O4. The molecule has 0 bridgehead atoms. The maximum Gasteiger partial charge on any atom is 0.326 e. The Morgan fingerprint density at radius 2 is 1.84 bits per heavy atom. The average Bonchev–Trinajstić information content (AvgIpc) is 2.32. The number of hydrogen-bond acceptors (Lipinski definition) is 4. The molecule has 7 heteroatoms. The van der Waals surface area contributed by atoms with Gasteiger partial charge in [-0.2, -0.15) is 0 Å². The highest BCUT2D eigenvalue weighted by Gasteiger charge is 2.25. The minimum atomic E-state index is -1.10. The van der Waals surface area contributed by atoms with Crippen molar-refractivity contribution in [3.63, 3.8) is 0 Å². The van der Waals surface area contributed by atoms with Gasteiger partial charge in [0.05, 0.1) is 6.04 Å². The van der Waals surface area contributed by atoms with E-state index in [1.807, 2.05) is 0 Å². The van der Waals surface area contributed by atoms with Crippen LogP contribution in [0, 0.1) is 5.92 Å². The molecule has 0 aliphatic rings. The Labute approximate surface area is 112 Å². The molecule has 0 saturated heterocycles. The first kappa shape index (κ1) is 17.4. The fraction of sp³-hybridized carbons (Fsp3) is 0.750. The van der Waals surface area contributed by atoms with Crippen LogP contribution in [0.4, 0.5) is 0 Å². The predicted molar refractivity (Wildman–Crippen MR) is 70.3 cm³/mol. The van der Waals surface area contributed by atoms with E-state index in [0.717, 1.165) is 0 Å². The molecular weight excluding hydrogens is 250 g/mol. The summed E-state index contributed by atoms with van der Waals surface area (Å²) in [6.07, 6.45) is 0.323. The van der Waals surface area contributed by atoms with Crippen LogP contribution in [0.5, 0.6) is 0 Å². The maximum absolute atomic E-state index is 11.7. The van der Waals surface area contributed by atoms with Gasteiger partial charge in [-0.15, -0.1) is 0 Å². The van der Waals surface area contributed by atoms with Gasteiger partial charge in [-0.3, -0.25) is 9.59 Å². The zero-order valence-corrected chi connectivity index (χ0v) is 11.6. The Hall–Kier alpha value is -1.63. The van der Waals surface area contributed by atoms with E-state index in [1.165, 1.54) is 0 Å². The maximum atomic E-state index is 11.7. The summed E-state index contributed by atoms with van der Waals surface area (Å²) in [5.41, 5.74) is 5.63. The van der Waals surface area contributed by atoms with Gasteiger partial charge in [0.15, 0.2) is 0 Å². The Morgan fingerprint density at radius 3 is 2.26 bits per heavy atom. The summed E-state index contributed by atoms with van der Waals surface area (Å²) in [6, 6.07) is -1.86. The molecule has 0 aliphatic carbocycles.